The number of rotatable bonds is 1. The van der Waals surface area contributed by atoms with Crippen molar-refractivity contribution in [2.75, 3.05) is 13.2 Å². The molecule has 2 bridgehead atoms. The highest BCUT2D eigenvalue weighted by atomic mass is 35.5. The van der Waals surface area contributed by atoms with Gasteiger partial charge in [-0.15, -0.1) is 11.6 Å². The number of halogens is 1. The molecule has 0 radical (unpaired) electrons. The van der Waals surface area contributed by atoms with E-state index < -0.39 is 0 Å². The molecule has 0 aromatic heterocycles. The van der Waals surface area contributed by atoms with Crippen LogP contribution in [-0.4, -0.2) is 46.2 Å². The SMILES string of the molecule is CCOC(=O)N1[C@@H]2CC(C)(C)N1C[C@H](Cl)[C@H]2C. The maximum absolute atomic E-state index is 12.0. The lowest BCUT2D eigenvalue weighted by atomic mass is 9.91. The second kappa shape index (κ2) is 4.32. The summed E-state index contributed by atoms with van der Waals surface area (Å²) >= 11 is 6.35. The Morgan fingerprint density at radius 3 is 2.76 bits per heavy atom. The fourth-order valence-electron chi connectivity index (χ4n) is 2.91. The Morgan fingerprint density at radius 1 is 1.53 bits per heavy atom. The summed E-state index contributed by atoms with van der Waals surface area (Å²) < 4.78 is 5.14. The summed E-state index contributed by atoms with van der Waals surface area (Å²) in [5.74, 6) is 0.305. The molecule has 0 N–H and O–H groups in total. The summed E-state index contributed by atoms with van der Waals surface area (Å²) in [4.78, 5) is 12.0. The topological polar surface area (TPSA) is 32.8 Å². The average molecular weight is 261 g/mol. The van der Waals surface area contributed by atoms with Crippen molar-refractivity contribution in [1.29, 1.82) is 0 Å². The molecule has 0 spiro atoms. The van der Waals surface area contributed by atoms with Gasteiger partial charge in [0, 0.05) is 12.1 Å². The van der Waals surface area contributed by atoms with Crippen molar-refractivity contribution >= 4 is 17.7 Å². The van der Waals surface area contributed by atoms with E-state index in [1.165, 1.54) is 0 Å². The first kappa shape index (κ1) is 13.0. The van der Waals surface area contributed by atoms with Crippen LogP contribution in [0.3, 0.4) is 0 Å². The van der Waals surface area contributed by atoms with Crippen LogP contribution >= 0.6 is 11.6 Å². The minimum absolute atomic E-state index is 0.0185. The van der Waals surface area contributed by atoms with Crippen molar-refractivity contribution in [3.8, 4) is 0 Å². The number of fused-ring (bicyclic) bond motifs is 2. The molecule has 0 aromatic rings. The molecule has 17 heavy (non-hydrogen) atoms. The Hall–Kier alpha value is -0.480. The van der Waals surface area contributed by atoms with Crippen molar-refractivity contribution in [2.24, 2.45) is 5.92 Å². The number of nitrogens with zero attached hydrogens (tertiary/aromatic N) is 2. The maximum Gasteiger partial charge on any atom is 0.424 e. The summed E-state index contributed by atoms with van der Waals surface area (Å²) in [5.41, 5.74) is -0.0185. The standard InChI is InChI=1S/C12H21ClN2O2/c1-5-17-11(16)15-10-6-12(3,4)14(15)7-9(13)8(10)2/h8-10H,5-7H2,1-4H3/t8-,9+,10-/m1/s1. The van der Waals surface area contributed by atoms with Crippen LogP contribution in [0.25, 0.3) is 0 Å². The van der Waals surface area contributed by atoms with Crippen LogP contribution in [0.5, 0.6) is 0 Å². The van der Waals surface area contributed by atoms with Crippen LogP contribution in [0.1, 0.15) is 34.1 Å². The zero-order chi connectivity index (χ0) is 12.8. The highest BCUT2D eigenvalue weighted by Crippen LogP contribution is 2.43. The number of carbonyl (C=O) groups excluding carboxylic acids is 1. The van der Waals surface area contributed by atoms with Gasteiger partial charge >= 0.3 is 6.09 Å². The Bertz CT molecular complexity index is 322. The van der Waals surface area contributed by atoms with Crippen LogP contribution in [0.4, 0.5) is 4.79 Å². The third kappa shape index (κ3) is 2.02. The van der Waals surface area contributed by atoms with Crippen molar-refractivity contribution in [3.63, 3.8) is 0 Å². The van der Waals surface area contributed by atoms with Gasteiger partial charge in [0.25, 0.3) is 0 Å². The minimum atomic E-state index is -0.238. The predicted molar refractivity (Wildman–Crippen MR) is 66.9 cm³/mol. The molecule has 2 aliphatic rings. The second-order valence-electron chi connectivity index (χ2n) is 5.58. The lowest BCUT2D eigenvalue weighted by molar-refractivity contribution is -0.0746. The van der Waals surface area contributed by atoms with E-state index in [-0.39, 0.29) is 23.1 Å². The normalized spacial score (nSPS) is 39.2. The smallest absolute Gasteiger partial charge is 0.424 e. The molecular formula is C12H21ClN2O2. The van der Waals surface area contributed by atoms with Gasteiger partial charge in [0.15, 0.2) is 0 Å². The molecule has 2 fully saturated rings. The molecule has 4 atom stereocenters. The largest absolute Gasteiger partial charge is 0.449 e. The van der Waals surface area contributed by atoms with Crippen LogP contribution in [-0.2, 0) is 4.74 Å². The van der Waals surface area contributed by atoms with E-state index >= 15 is 0 Å². The van der Waals surface area contributed by atoms with E-state index in [1.807, 2.05) is 6.92 Å². The molecule has 98 valence electrons. The molecular weight excluding hydrogens is 240 g/mol. The van der Waals surface area contributed by atoms with Gasteiger partial charge in [-0.1, -0.05) is 6.92 Å². The van der Waals surface area contributed by atoms with Gasteiger partial charge in [0.05, 0.1) is 18.0 Å². The van der Waals surface area contributed by atoms with Crippen molar-refractivity contribution in [1.82, 2.24) is 10.0 Å². The van der Waals surface area contributed by atoms with Crippen molar-refractivity contribution < 1.29 is 9.53 Å². The number of alkyl halides is 1. The molecule has 1 unspecified atom stereocenters. The molecule has 2 aliphatic heterocycles. The van der Waals surface area contributed by atoms with E-state index in [2.05, 4.69) is 25.8 Å². The fraction of sp³-hybridized carbons (Fsp3) is 0.917. The van der Waals surface area contributed by atoms with Gasteiger partial charge in [-0.05, 0) is 33.1 Å². The minimum Gasteiger partial charge on any atom is -0.449 e. The second-order valence-corrected chi connectivity index (χ2v) is 6.15. The van der Waals surface area contributed by atoms with E-state index in [9.17, 15) is 4.79 Å². The van der Waals surface area contributed by atoms with Crippen molar-refractivity contribution in [2.45, 2.75) is 51.1 Å². The molecule has 5 heteroatoms. The zero-order valence-electron chi connectivity index (χ0n) is 10.9. The Labute approximate surface area is 108 Å². The molecule has 4 nitrogen and oxygen atoms in total. The molecule has 0 aliphatic carbocycles. The number of ether oxygens (including phenoxy) is 1. The highest BCUT2D eigenvalue weighted by Gasteiger charge is 2.54. The van der Waals surface area contributed by atoms with Crippen LogP contribution < -0.4 is 0 Å². The first-order chi connectivity index (χ1) is 7.88. The van der Waals surface area contributed by atoms with E-state index in [1.54, 1.807) is 5.01 Å². The summed E-state index contributed by atoms with van der Waals surface area (Å²) in [6.07, 6.45) is 0.717. The van der Waals surface area contributed by atoms with Gasteiger partial charge in [-0.25, -0.2) is 14.8 Å². The Kier molecular flexibility index (Phi) is 3.29. The third-order valence-electron chi connectivity index (χ3n) is 3.96. The molecule has 1 amide bonds. The van der Waals surface area contributed by atoms with E-state index in [0.717, 1.165) is 6.42 Å². The Balaban J connectivity index is 2.26. The van der Waals surface area contributed by atoms with Crippen LogP contribution in [0, 0.1) is 5.92 Å². The molecule has 2 rings (SSSR count). The first-order valence-electron chi connectivity index (χ1n) is 6.26. The summed E-state index contributed by atoms with van der Waals surface area (Å²) in [7, 11) is 0. The van der Waals surface area contributed by atoms with Crippen LogP contribution in [0.2, 0.25) is 0 Å². The van der Waals surface area contributed by atoms with E-state index in [0.29, 0.717) is 19.1 Å². The number of hydrogen-bond donors (Lipinski definition) is 0. The molecule has 2 saturated heterocycles. The quantitative estimate of drug-likeness (QED) is 0.679. The maximum atomic E-state index is 12.0. The highest BCUT2D eigenvalue weighted by molar-refractivity contribution is 6.21. The van der Waals surface area contributed by atoms with Gasteiger partial charge < -0.3 is 4.74 Å². The van der Waals surface area contributed by atoms with E-state index in [4.69, 9.17) is 16.3 Å². The Morgan fingerprint density at radius 2 is 2.18 bits per heavy atom. The van der Waals surface area contributed by atoms with Crippen LogP contribution in [0.15, 0.2) is 0 Å². The first-order valence-corrected chi connectivity index (χ1v) is 6.69. The summed E-state index contributed by atoms with van der Waals surface area (Å²) in [6.45, 7) is 9.38. The van der Waals surface area contributed by atoms with Crippen molar-refractivity contribution in [3.05, 3.63) is 0 Å². The lowest BCUT2D eigenvalue weighted by Crippen LogP contribution is -2.59. The van der Waals surface area contributed by atoms with Gasteiger partial charge in [0.2, 0.25) is 0 Å². The van der Waals surface area contributed by atoms with Gasteiger partial charge in [-0.3, -0.25) is 0 Å². The monoisotopic (exact) mass is 260 g/mol. The third-order valence-corrected chi connectivity index (χ3v) is 4.50. The lowest BCUT2D eigenvalue weighted by Gasteiger charge is -2.44. The fourth-order valence-corrected chi connectivity index (χ4v) is 3.21. The number of carbonyl (C=O) groups is 1. The summed E-state index contributed by atoms with van der Waals surface area (Å²) in [6, 6.07) is 0.167. The summed E-state index contributed by atoms with van der Waals surface area (Å²) in [5, 5.41) is 3.97. The molecule has 0 saturated carbocycles. The zero-order valence-corrected chi connectivity index (χ0v) is 11.7. The van der Waals surface area contributed by atoms with Gasteiger partial charge in [-0.2, -0.15) is 0 Å². The van der Waals surface area contributed by atoms with Gasteiger partial charge in [0.1, 0.15) is 0 Å². The number of hydrogen-bond acceptors (Lipinski definition) is 3. The average Bonchev–Trinajstić information content (AvgIpc) is 2.45. The molecule has 2 heterocycles. The number of hydrazine groups is 1. The molecule has 0 aromatic carbocycles. The predicted octanol–water partition coefficient (Wildman–Crippen LogP) is 2.47. The number of amides is 1.